The molecule has 43 heavy (non-hydrogen) atoms. The first-order chi connectivity index (χ1) is 21.0. The van der Waals surface area contributed by atoms with Crippen molar-refractivity contribution < 1.29 is 7.65 Å². The molecule has 0 bridgehead atoms. The number of fused-ring (bicyclic) bond motifs is 2. The second kappa shape index (κ2) is 10.7. The standard InChI is InChI=1S/C31H31FIN9O/c32-33-18-20-17-22(6-7-23(20)27(33)37-21-10-15-40(16-11-21)31(43)19-4-5-19)42-29(24-3-1-12-35-28(24)34)38-25-8-9-26(39-30(25)42)41-14-2-13-36-41/h1-3,6-9,12-14,17,19,21,27,37H,4-5,10-11,15-16,18H2,(H2,34,35)/t27-/m1/s1. The number of hydrogen-bond acceptors (Lipinski definition) is 7. The van der Waals surface area contributed by atoms with Crippen molar-refractivity contribution in [3.8, 4) is 22.9 Å². The molecular weight excluding hydrogens is 660 g/mol. The van der Waals surface area contributed by atoms with E-state index in [1.807, 2.05) is 52.1 Å². The van der Waals surface area contributed by atoms with Crippen LogP contribution in [-0.4, -0.2) is 59.2 Å². The second-order valence-electron chi connectivity index (χ2n) is 11.4. The molecular formula is C31H31FIN9O. The van der Waals surface area contributed by atoms with Crippen molar-refractivity contribution in [3.63, 3.8) is 0 Å². The minimum atomic E-state index is -2.81. The molecule has 220 valence electrons. The van der Waals surface area contributed by atoms with Gasteiger partial charge in [-0.25, -0.2) is 0 Å². The summed E-state index contributed by atoms with van der Waals surface area (Å²) in [5, 5.41) is 8.01. The SMILES string of the molecule is Nc1ncccc1-c1nc2ccc(-n3cccn3)nc2n1-c1ccc2c(c1)CI(F)[C@@H]2NC1CCN(C(=O)C2CC2)CC1. The van der Waals surface area contributed by atoms with Crippen molar-refractivity contribution in [2.24, 2.45) is 5.92 Å². The third kappa shape index (κ3) is 4.85. The molecule has 1 saturated heterocycles. The molecule has 3 N–H and O–H groups in total. The number of benzene rings is 1. The van der Waals surface area contributed by atoms with Crippen molar-refractivity contribution in [1.29, 1.82) is 0 Å². The number of nitrogens with zero attached hydrogens (tertiary/aromatic N) is 7. The van der Waals surface area contributed by atoms with Gasteiger partial charge in [0.2, 0.25) is 0 Å². The van der Waals surface area contributed by atoms with Gasteiger partial charge in [-0.1, -0.05) is 0 Å². The first-order valence-corrected chi connectivity index (χ1v) is 18.2. The number of carbonyl (C=O) groups is 1. The van der Waals surface area contributed by atoms with Gasteiger partial charge in [-0.2, -0.15) is 0 Å². The average molecular weight is 692 g/mol. The maximum atomic E-state index is 15.8. The zero-order valence-electron chi connectivity index (χ0n) is 23.4. The quantitative estimate of drug-likeness (QED) is 0.144. The van der Waals surface area contributed by atoms with Gasteiger partial charge in [-0.05, 0) is 0 Å². The summed E-state index contributed by atoms with van der Waals surface area (Å²) in [6.45, 7) is 1.51. The van der Waals surface area contributed by atoms with E-state index >= 15 is 2.86 Å². The fraction of sp³-hybridized carbons (Fsp3) is 0.323. The van der Waals surface area contributed by atoms with Gasteiger partial charge in [-0.3, -0.25) is 0 Å². The van der Waals surface area contributed by atoms with Crippen LogP contribution in [0.4, 0.5) is 8.68 Å². The van der Waals surface area contributed by atoms with Crippen LogP contribution in [-0.2, 0) is 9.22 Å². The summed E-state index contributed by atoms with van der Waals surface area (Å²) in [4.78, 5) is 28.6. The minimum absolute atomic E-state index is 0.220. The summed E-state index contributed by atoms with van der Waals surface area (Å²) in [7, 11) is 0. The number of rotatable bonds is 6. The Bertz CT molecular complexity index is 1830. The van der Waals surface area contributed by atoms with Crippen LogP contribution in [0.1, 0.15) is 40.9 Å². The van der Waals surface area contributed by atoms with Crippen LogP contribution in [0.2, 0.25) is 0 Å². The first-order valence-electron chi connectivity index (χ1n) is 14.6. The zero-order valence-corrected chi connectivity index (χ0v) is 25.6. The number of nitrogens with two attached hydrogens (primary N) is 1. The van der Waals surface area contributed by atoms with E-state index in [0.29, 0.717) is 44.5 Å². The summed E-state index contributed by atoms with van der Waals surface area (Å²) in [5.41, 5.74) is 11.3. The number of piperidine rings is 1. The topological polar surface area (TPSA) is 120 Å². The van der Waals surface area contributed by atoms with Crippen LogP contribution >= 0.6 is 20.4 Å². The molecule has 1 atom stereocenters. The fourth-order valence-electron chi connectivity index (χ4n) is 6.17. The molecule has 1 aliphatic carbocycles. The molecule has 1 aromatic carbocycles. The maximum absolute atomic E-state index is 15.8. The van der Waals surface area contributed by atoms with Gasteiger partial charge < -0.3 is 0 Å². The number of aromatic nitrogens is 6. The van der Waals surface area contributed by atoms with E-state index in [-0.39, 0.29) is 16.0 Å². The van der Waals surface area contributed by atoms with Crippen LogP contribution < -0.4 is 11.1 Å². The molecule has 3 aliphatic rings. The Morgan fingerprint density at radius 1 is 1.02 bits per heavy atom. The first kappa shape index (κ1) is 26.7. The van der Waals surface area contributed by atoms with E-state index in [1.54, 1.807) is 17.1 Å². The number of hydrogen-bond donors (Lipinski definition) is 2. The van der Waals surface area contributed by atoms with Crippen molar-refractivity contribution in [2.75, 3.05) is 18.8 Å². The predicted molar refractivity (Wildman–Crippen MR) is 171 cm³/mol. The van der Waals surface area contributed by atoms with Crippen LogP contribution in [0.25, 0.3) is 34.1 Å². The molecule has 0 unspecified atom stereocenters. The number of amides is 1. The van der Waals surface area contributed by atoms with Crippen molar-refractivity contribution in [1.82, 2.24) is 39.5 Å². The Labute approximate surface area is 255 Å². The third-order valence-electron chi connectivity index (χ3n) is 8.59. The van der Waals surface area contributed by atoms with Gasteiger partial charge in [0.25, 0.3) is 0 Å². The molecule has 5 aromatic rings. The molecule has 2 fully saturated rings. The summed E-state index contributed by atoms with van der Waals surface area (Å²) in [5.74, 6) is 2.22. The Morgan fingerprint density at radius 3 is 2.65 bits per heavy atom. The number of likely N-dealkylation sites (tertiary alicyclic amines) is 1. The van der Waals surface area contributed by atoms with Crippen LogP contribution in [0, 0.1) is 5.92 Å². The van der Waals surface area contributed by atoms with Crippen molar-refractivity contribution in [3.05, 3.63) is 78.2 Å². The monoisotopic (exact) mass is 691 g/mol. The number of pyridine rings is 2. The Kier molecular flexibility index (Phi) is 6.62. The molecule has 6 heterocycles. The molecule has 0 spiro atoms. The van der Waals surface area contributed by atoms with E-state index in [4.69, 9.17) is 15.7 Å². The molecule has 10 nitrogen and oxygen atoms in total. The average Bonchev–Trinajstić information content (AvgIpc) is 3.45. The molecule has 12 heteroatoms. The predicted octanol–water partition coefficient (Wildman–Crippen LogP) is 5.14. The molecule has 4 aromatic heterocycles. The Balaban J connectivity index is 1.13. The normalized spacial score (nSPS) is 19.7. The molecule has 0 radical (unpaired) electrons. The second-order valence-corrected chi connectivity index (χ2v) is 15.4. The third-order valence-corrected chi connectivity index (χ3v) is 12.5. The van der Waals surface area contributed by atoms with Gasteiger partial charge in [0.1, 0.15) is 0 Å². The van der Waals surface area contributed by atoms with Crippen LogP contribution in [0.5, 0.6) is 0 Å². The number of alkyl halides is 2. The van der Waals surface area contributed by atoms with Gasteiger partial charge >= 0.3 is 257 Å². The number of nitrogens with one attached hydrogen (secondary N) is 1. The van der Waals surface area contributed by atoms with E-state index in [1.165, 1.54) is 0 Å². The number of halogens is 2. The number of nitrogen functional groups attached to an aromatic ring is 1. The molecule has 1 amide bonds. The van der Waals surface area contributed by atoms with E-state index in [0.717, 1.165) is 55.6 Å². The van der Waals surface area contributed by atoms with Gasteiger partial charge in [0.05, 0.1) is 0 Å². The van der Waals surface area contributed by atoms with Crippen molar-refractivity contribution >= 4 is 43.3 Å². The van der Waals surface area contributed by atoms with E-state index in [9.17, 15) is 4.79 Å². The van der Waals surface area contributed by atoms with Gasteiger partial charge in [-0.15, -0.1) is 0 Å². The molecule has 2 aliphatic heterocycles. The number of imidazole rings is 1. The van der Waals surface area contributed by atoms with Gasteiger partial charge in [0.15, 0.2) is 0 Å². The van der Waals surface area contributed by atoms with E-state index < -0.39 is 20.4 Å². The van der Waals surface area contributed by atoms with Crippen molar-refractivity contribution in [2.45, 2.75) is 40.2 Å². The zero-order chi connectivity index (χ0) is 29.1. The summed E-state index contributed by atoms with van der Waals surface area (Å²) in [6.07, 6.45) is 9.01. The van der Waals surface area contributed by atoms with Gasteiger partial charge in [0, 0.05) is 0 Å². The Hall–Kier alpha value is -3.91. The van der Waals surface area contributed by atoms with Crippen LogP contribution in [0.3, 0.4) is 0 Å². The molecule has 1 saturated carbocycles. The fourth-order valence-corrected chi connectivity index (χ4v) is 10.3. The number of carbonyl (C=O) groups excluding carboxylic acids is 1. The summed E-state index contributed by atoms with van der Waals surface area (Å²) >= 11 is -2.81. The number of anilines is 1. The van der Waals surface area contributed by atoms with E-state index in [2.05, 4.69) is 27.5 Å². The Morgan fingerprint density at radius 2 is 1.88 bits per heavy atom. The summed E-state index contributed by atoms with van der Waals surface area (Å²) in [6, 6.07) is 15.8. The van der Waals surface area contributed by atoms with Crippen LogP contribution in [0.15, 0.2) is 67.1 Å². The molecule has 8 rings (SSSR count). The summed E-state index contributed by atoms with van der Waals surface area (Å²) < 4.78 is 19.7.